The Bertz CT molecular complexity index is 317. The number of amides is 1. The maximum atomic E-state index is 13.1. The van der Waals surface area contributed by atoms with Gasteiger partial charge >= 0.3 is 0 Å². The van der Waals surface area contributed by atoms with E-state index in [1.54, 1.807) is 0 Å². The smallest absolute Gasteiger partial charge is 0.248 e. The van der Waals surface area contributed by atoms with Crippen molar-refractivity contribution >= 4 is 5.91 Å². The number of halogens is 2. The highest BCUT2D eigenvalue weighted by Crippen LogP contribution is 2.37. The van der Waals surface area contributed by atoms with Crippen molar-refractivity contribution in [2.45, 2.75) is 69.2 Å². The molecule has 0 saturated heterocycles. The molecule has 110 valence electrons. The molecule has 0 aliphatic heterocycles. The van der Waals surface area contributed by atoms with E-state index in [2.05, 4.69) is 5.32 Å². The van der Waals surface area contributed by atoms with Gasteiger partial charge < -0.3 is 11.1 Å². The lowest BCUT2D eigenvalue weighted by Crippen LogP contribution is -2.56. The fourth-order valence-electron chi connectivity index (χ4n) is 3.27. The Kier molecular flexibility index (Phi) is 4.43. The Balaban J connectivity index is 1.89. The third-order valence-electron chi connectivity index (χ3n) is 4.68. The van der Waals surface area contributed by atoms with Crippen molar-refractivity contribution < 1.29 is 13.6 Å². The molecule has 0 bridgehead atoms. The molecule has 0 spiro atoms. The molecule has 2 saturated carbocycles. The topological polar surface area (TPSA) is 55.1 Å². The van der Waals surface area contributed by atoms with Crippen LogP contribution in [0.25, 0.3) is 0 Å². The van der Waals surface area contributed by atoms with Crippen LogP contribution < -0.4 is 11.1 Å². The van der Waals surface area contributed by atoms with Gasteiger partial charge in [0.2, 0.25) is 11.8 Å². The first-order valence-electron chi connectivity index (χ1n) is 7.36. The van der Waals surface area contributed by atoms with E-state index in [1.165, 1.54) is 6.42 Å². The standard InChI is InChI=1S/C14H24F2N2O/c15-14(16)8-4-11(5-9-14)12(19)18-13(10-17)6-2-1-3-7-13/h11H,1-10,17H2,(H,18,19). The van der Waals surface area contributed by atoms with E-state index in [-0.39, 0.29) is 30.2 Å². The van der Waals surface area contributed by atoms with Gasteiger partial charge in [-0.05, 0) is 25.7 Å². The molecule has 0 heterocycles. The van der Waals surface area contributed by atoms with Crippen molar-refractivity contribution in [1.29, 1.82) is 0 Å². The molecule has 1 amide bonds. The zero-order valence-corrected chi connectivity index (χ0v) is 11.4. The summed E-state index contributed by atoms with van der Waals surface area (Å²) < 4.78 is 26.2. The first-order valence-corrected chi connectivity index (χ1v) is 7.36. The summed E-state index contributed by atoms with van der Waals surface area (Å²) in [5.74, 6) is -2.90. The van der Waals surface area contributed by atoms with Crippen LogP contribution in [0.3, 0.4) is 0 Å². The fourth-order valence-corrected chi connectivity index (χ4v) is 3.27. The Labute approximate surface area is 113 Å². The summed E-state index contributed by atoms with van der Waals surface area (Å²) in [6.07, 6.45) is 5.43. The maximum Gasteiger partial charge on any atom is 0.248 e. The van der Waals surface area contributed by atoms with Crippen LogP contribution in [0.5, 0.6) is 0 Å². The third kappa shape index (κ3) is 3.65. The maximum absolute atomic E-state index is 13.1. The molecule has 0 radical (unpaired) electrons. The molecule has 5 heteroatoms. The number of hydrogen-bond acceptors (Lipinski definition) is 2. The van der Waals surface area contributed by atoms with E-state index < -0.39 is 5.92 Å². The van der Waals surface area contributed by atoms with E-state index in [1.807, 2.05) is 0 Å². The number of carbonyl (C=O) groups excluding carboxylic acids is 1. The molecular formula is C14H24F2N2O. The molecule has 0 atom stereocenters. The van der Waals surface area contributed by atoms with E-state index in [0.29, 0.717) is 19.4 Å². The number of alkyl halides is 2. The Morgan fingerprint density at radius 1 is 1.11 bits per heavy atom. The van der Waals surface area contributed by atoms with E-state index in [4.69, 9.17) is 5.73 Å². The minimum Gasteiger partial charge on any atom is -0.349 e. The van der Waals surface area contributed by atoms with Gasteiger partial charge in [0.1, 0.15) is 0 Å². The van der Waals surface area contributed by atoms with Crippen LogP contribution in [0, 0.1) is 5.92 Å². The van der Waals surface area contributed by atoms with Crippen molar-refractivity contribution in [3.05, 3.63) is 0 Å². The van der Waals surface area contributed by atoms with Gasteiger partial charge in [-0.1, -0.05) is 19.3 Å². The first kappa shape index (κ1) is 14.7. The second kappa shape index (κ2) is 5.73. The Morgan fingerprint density at radius 2 is 1.68 bits per heavy atom. The average Bonchev–Trinajstić information content (AvgIpc) is 2.39. The molecule has 0 aromatic heterocycles. The van der Waals surface area contributed by atoms with Crippen molar-refractivity contribution in [3.63, 3.8) is 0 Å². The summed E-state index contributed by atoms with van der Waals surface area (Å²) in [6.45, 7) is 0.446. The summed E-state index contributed by atoms with van der Waals surface area (Å²) in [6, 6.07) is 0. The average molecular weight is 274 g/mol. The van der Waals surface area contributed by atoms with Gasteiger partial charge in [0.05, 0.1) is 5.54 Å². The minimum absolute atomic E-state index is 0.0668. The largest absolute Gasteiger partial charge is 0.349 e. The van der Waals surface area contributed by atoms with Crippen LogP contribution in [-0.4, -0.2) is 23.9 Å². The summed E-state index contributed by atoms with van der Waals surface area (Å²) in [4.78, 5) is 12.2. The first-order chi connectivity index (χ1) is 8.96. The molecule has 3 nitrogen and oxygen atoms in total. The zero-order chi connectivity index (χ0) is 13.9. The molecule has 19 heavy (non-hydrogen) atoms. The van der Waals surface area contributed by atoms with Gasteiger partial charge in [-0.15, -0.1) is 0 Å². The normalized spacial score (nSPS) is 26.9. The van der Waals surface area contributed by atoms with Crippen LogP contribution in [0.4, 0.5) is 8.78 Å². The van der Waals surface area contributed by atoms with Crippen molar-refractivity contribution in [2.24, 2.45) is 11.7 Å². The van der Waals surface area contributed by atoms with Gasteiger partial charge in [0.15, 0.2) is 0 Å². The van der Waals surface area contributed by atoms with Gasteiger partial charge in [0, 0.05) is 25.3 Å². The molecule has 2 rings (SSSR count). The molecule has 0 unspecified atom stereocenters. The molecule has 2 fully saturated rings. The highest BCUT2D eigenvalue weighted by Gasteiger charge is 2.39. The molecule has 3 N–H and O–H groups in total. The van der Waals surface area contributed by atoms with Crippen molar-refractivity contribution in [2.75, 3.05) is 6.54 Å². The van der Waals surface area contributed by atoms with Gasteiger partial charge in [0.25, 0.3) is 0 Å². The number of nitrogens with one attached hydrogen (secondary N) is 1. The van der Waals surface area contributed by atoms with Crippen LogP contribution in [-0.2, 0) is 4.79 Å². The lowest BCUT2D eigenvalue weighted by atomic mass is 9.80. The van der Waals surface area contributed by atoms with E-state index in [9.17, 15) is 13.6 Å². The fraction of sp³-hybridized carbons (Fsp3) is 0.929. The summed E-state index contributed by atoms with van der Waals surface area (Å²) in [7, 11) is 0. The predicted molar refractivity (Wildman–Crippen MR) is 69.9 cm³/mol. The summed E-state index contributed by atoms with van der Waals surface area (Å²) in [5.41, 5.74) is 5.54. The molecular weight excluding hydrogens is 250 g/mol. The summed E-state index contributed by atoms with van der Waals surface area (Å²) >= 11 is 0. The van der Waals surface area contributed by atoms with Crippen LogP contribution in [0.15, 0.2) is 0 Å². The molecule has 2 aliphatic carbocycles. The van der Waals surface area contributed by atoms with Gasteiger partial charge in [-0.2, -0.15) is 0 Å². The van der Waals surface area contributed by atoms with Crippen LogP contribution in [0.1, 0.15) is 57.8 Å². The number of carbonyl (C=O) groups is 1. The summed E-state index contributed by atoms with van der Waals surface area (Å²) in [5, 5.41) is 3.07. The van der Waals surface area contributed by atoms with Crippen molar-refractivity contribution in [3.8, 4) is 0 Å². The number of nitrogens with two attached hydrogens (primary N) is 1. The third-order valence-corrected chi connectivity index (χ3v) is 4.68. The number of hydrogen-bond donors (Lipinski definition) is 2. The molecule has 0 aromatic rings. The zero-order valence-electron chi connectivity index (χ0n) is 11.4. The van der Waals surface area contributed by atoms with Crippen molar-refractivity contribution in [1.82, 2.24) is 5.32 Å². The lowest BCUT2D eigenvalue weighted by Gasteiger charge is -2.39. The Morgan fingerprint density at radius 3 is 2.21 bits per heavy atom. The SMILES string of the molecule is NCC1(NC(=O)C2CCC(F)(F)CC2)CCCCC1. The van der Waals surface area contributed by atoms with E-state index >= 15 is 0 Å². The Hall–Kier alpha value is -0.710. The number of rotatable bonds is 3. The second-order valence-corrected chi connectivity index (χ2v) is 6.16. The minimum atomic E-state index is -2.58. The monoisotopic (exact) mass is 274 g/mol. The second-order valence-electron chi connectivity index (χ2n) is 6.16. The molecule has 2 aliphatic rings. The van der Waals surface area contributed by atoms with Gasteiger partial charge in [-0.25, -0.2) is 8.78 Å². The van der Waals surface area contributed by atoms with Crippen LogP contribution in [0.2, 0.25) is 0 Å². The predicted octanol–water partition coefficient (Wildman–Crippen LogP) is 2.59. The molecule has 0 aromatic carbocycles. The van der Waals surface area contributed by atoms with Crippen LogP contribution >= 0.6 is 0 Å². The lowest BCUT2D eigenvalue weighted by molar-refractivity contribution is -0.131. The highest BCUT2D eigenvalue weighted by atomic mass is 19.3. The van der Waals surface area contributed by atoms with Gasteiger partial charge in [-0.3, -0.25) is 4.79 Å². The highest BCUT2D eigenvalue weighted by molar-refractivity contribution is 5.79. The quantitative estimate of drug-likeness (QED) is 0.831. The van der Waals surface area contributed by atoms with E-state index in [0.717, 1.165) is 25.7 Å².